The summed E-state index contributed by atoms with van der Waals surface area (Å²) in [7, 11) is 1.36. The number of carbonyl (C=O) groups is 2. The zero-order valence-corrected chi connectivity index (χ0v) is 13.1. The van der Waals surface area contributed by atoms with Crippen LogP contribution in [0.4, 0.5) is 0 Å². The molecule has 0 bridgehead atoms. The van der Waals surface area contributed by atoms with Crippen LogP contribution in [-0.4, -0.2) is 36.2 Å². The third-order valence-electron chi connectivity index (χ3n) is 2.33. The SMILES string of the molecule is COc1cc(Cl)cc(C(=O)O)c1OCC(=O)NC(C)(C)C. The molecule has 0 saturated heterocycles. The molecule has 0 aliphatic heterocycles. The van der Waals surface area contributed by atoms with Gasteiger partial charge in [-0.2, -0.15) is 0 Å². The van der Waals surface area contributed by atoms with E-state index >= 15 is 0 Å². The lowest BCUT2D eigenvalue weighted by molar-refractivity contribution is -0.124. The Morgan fingerprint density at radius 1 is 1.33 bits per heavy atom. The number of halogens is 1. The van der Waals surface area contributed by atoms with Crippen LogP contribution >= 0.6 is 11.6 Å². The van der Waals surface area contributed by atoms with Gasteiger partial charge in [0.05, 0.1) is 7.11 Å². The molecule has 7 heteroatoms. The van der Waals surface area contributed by atoms with Crippen molar-refractivity contribution < 1.29 is 24.2 Å². The normalized spacial score (nSPS) is 10.9. The van der Waals surface area contributed by atoms with Crippen LogP contribution in [-0.2, 0) is 4.79 Å². The maximum atomic E-state index is 11.7. The molecular formula is C14H18ClNO5. The number of carbonyl (C=O) groups excluding carboxylic acids is 1. The molecule has 6 nitrogen and oxygen atoms in total. The Hall–Kier alpha value is -1.95. The van der Waals surface area contributed by atoms with Crippen LogP contribution < -0.4 is 14.8 Å². The number of ether oxygens (including phenoxy) is 2. The number of amides is 1. The van der Waals surface area contributed by atoms with E-state index in [0.717, 1.165) is 0 Å². The van der Waals surface area contributed by atoms with Crippen molar-refractivity contribution in [3.05, 3.63) is 22.7 Å². The third kappa shape index (κ3) is 5.15. The standard InChI is InChI=1S/C14H18ClNO5/c1-14(2,3)16-11(17)7-21-12-9(13(18)19)5-8(15)6-10(12)20-4/h5-6H,7H2,1-4H3,(H,16,17)(H,18,19). The maximum absolute atomic E-state index is 11.7. The van der Waals surface area contributed by atoms with E-state index in [4.69, 9.17) is 26.2 Å². The summed E-state index contributed by atoms with van der Waals surface area (Å²) < 4.78 is 10.4. The van der Waals surface area contributed by atoms with Crippen LogP contribution in [0.25, 0.3) is 0 Å². The van der Waals surface area contributed by atoms with E-state index < -0.39 is 11.5 Å². The van der Waals surface area contributed by atoms with E-state index in [1.807, 2.05) is 20.8 Å². The van der Waals surface area contributed by atoms with E-state index in [-0.39, 0.29) is 34.6 Å². The summed E-state index contributed by atoms with van der Waals surface area (Å²) in [5.41, 5.74) is -0.567. The van der Waals surface area contributed by atoms with Crippen LogP contribution in [0.5, 0.6) is 11.5 Å². The van der Waals surface area contributed by atoms with Crippen molar-refractivity contribution >= 4 is 23.5 Å². The first-order chi connectivity index (χ1) is 9.64. The molecule has 0 unspecified atom stereocenters. The topological polar surface area (TPSA) is 84.9 Å². The molecule has 2 N–H and O–H groups in total. The number of benzene rings is 1. The lowest BCUT2D eigenvalue weighted by Crippen LogP contribution is -2.43. The number of carboxylic acids is 1. The summed E-state index contributed by atoms with van der Waals surface area (Å²) in [6.07, 6.45) is 0. The second-order valence-corrected chi connectivity index (χ2v) is 5.81. The molecule has 0 aliphatic carbocycles. The maximum Gasteiger partial charge on any atom is 0.339 e. The van der Waals surface area contributed by atoms with Crippen molar-refractivity contribution in [3.8, 4) is 11.5 Å². The second kappa shape index (κ2) is 6.67. The Labute approximate surface area is 128 Å². The molecule has 0 heterocycles. The molecule has 0 aliphatic rings. The van der Waals surface area contributed by atoms with Gasteiger partial charge in [0, 0.05) is 16.6 Å². The number of carboxylic acid groups (broad SMARTS) is 1. The fourth-order valence-corrected chi connectivity index (χ4v) is 1.83. The Bertz CT molecular complexity index is 551. The predicted octanol–water partition coefficient (Wildman–Crippen LogP) is 2.34. The number of aromatic carboxylic acids is 1. The van der Waals surface area contributed by atoms with Crippen molar-refractivity contribution in [1.29, 1.82) is 0 Å². The summed E-state index contributed by atoms with van der Waals surface area (Å²) >= 11 is 5.82. The average molecular weight is 316 g/mol. The van der Waals surface area contributed by atoms with Crippen LogP contribution in [0.15, 0.2) is 12.1 Å². The monoisotopic (exact) mass is 315 g/mol. The van der Waals surface area contributed by atoms with E-state index in [0.29, 0.717) is 0 Å². The first kappa shape index (κ1) is 17.1. The molecule has 0 radical (unpaired) electrons. The Kier molecular flexibility index (Phi) is 5.43. The molecule has 0 saturated carbocycles. The van der Waals surface area contributed by atoms with Gasteiger partial charge in [-0.25, -0.2) is 4.79 Å². The molecule has 116 valence electrons. The van der Waals surface area contributed by atoms with Crippen molar-refractivity contribution in [2.24, 2.45) is 0 Å². The van der Waals surface area contributed by atoms with E-state index in [9.17, 15) is 9.59 Å². The average Bonchev–Trinajstić information content (AvgIpc) is 2.33. The number of hydrogen-bond acceptors (Lipinski definition) is 4. The predicted molar refractivity (Wildman–Crippen MR) is 78.4 cm³/mol. The minimum atomic E-state index is -1.22. The molecular weight excluding hydrogens is 298 g/mol. The molecule has 21 heavy (non-hydrogen) atoms. The van der Waals surface area contributed by atoms with Crippen molar-refractivity contribution in [3.63, 3.8) is 0 Å². The van der Waals surface area contributed by atoms with Crippen LogP contribution in [0.1, 0.15) is 31.1 Å². The van der Waals surface area contributed by atoms with Crippen molar-refractivity contribution in [2.45, 2.75) is 26.3 Å². The number of hydrogen-bond donors (Lipinski definition) is 2. The minimum absolute atomic E-state index is 0.0292. The third-order valence-corrected chi connectivity index (χ3v) is 2.55. The van der Waals surface area contributed by atoms with Gasteiger partial charge in [-0.15, -0.1) is 0 Å². The first-order valence-corrected chi connectivity index (χ1v) is 6.56. The van der Waals surface area contributed by atoms with Gasteiger partial charge in [0.2, 0.25) is 0 Å². The van der Waals surface area contributed by atoms with Gasteiger partial charge in [0.1, 0.15) is 5.56 Å². The summed E-state index contributed by atoms with van der Waals surface area (Å²) in [5.74, 6) is -1.46. The molecule has 1 aromatic rings. The highest BCUT2D eigenvalue weighted by molar-refractivity contribution is 6.31. The van der Waals surface area contributed by atoms with Crippen LogP contribution in [0.2, 0.25) is 5.02 Å². The van der Waals surface area contributed by atoms with Gasteiger partial charge in [-0.1, -0.05) is 11.6 Å². The van der Waals surface area contributed by atoms with E-state index in [1.165, 1.54) is 19.2 Å². The zero-order valence-electron chi connectivity index (χ0n) is 12.3. The van der Waals surface area contributed by atoms with E-state index in [1.54, 1.807) is 0 Å². The number of rotatable bonds is 5. The summed E-state index contributed by atoms with van der Waals surface area (Å²) in [6, 6.07) is 2.66. The lowest BCUT2D eigenvalue weighted by atomic mass is 10.1. The van der Waals surface area contributed by atoms with Gasteiger partial charge >= 0.3 is 5.97 Å². The van der Waals surface area contributed by atoms with Crippen LogP contribution in [0.3, 0.4) is 0 Å². The van der Waals surface area contributed by atoms with Gasteiger partial charge < -0.3 is 19.9 Å². The molecule has 1 rings (SSSR count). The molecule has 0 fully saturated rings. The highest BCUT2D eigenvalue weighted by Crippen LogP contribution is 2.34. The first-order valence-electron chi connectivity index (χ1n) is 6.18. The number of nitrogens with one attached hydrogen (secondary N) is 1. The fraction of sp³-hybridized carbons (Fsp3) is 0.429. The molecule has 1 amide bonds. The van der Waals surface area contributed by atoms with Gasteiger partial charge in [0.15, 0.2) is 18.1 Å². The quantitative estimate of drug-likeness (QED) is 0.871. The molecule has 0 aromatic heterocycles. The van der Waals surface area contributed by atoms with Crippen LogP contribution in [0, 0.1) is 0 Å². The highest BCUT2D eigenvalue weighted by atomic mass is 35.5. The number of methoxy groups -OCH3 is 1. The zero-order chi connectivity index (χ0) is 16.2. The Balaban J connectivity index is 2.97. The Morgan fingerprint density at radius 3 is 2.43 bits per heavy atom. The minimum Gasteiger partial charge on any atom is -0.493 e. The fourth-order valence-electron chi connectivity index (χ4n) is 1.62. The summed E-state index contributed by atoms with van der Waals surface area (Å²) in [4.78, 5) is 23.0. The summed E-state index contributed by atoms with van der Waals surface area (Å²) in [5, 5.41) is 12.1. The largest absolute Gasteiger partial charge is 0.493 e. The smallest absolute Gasteiger partial charge is 0.339 e. The Morgan fingerprint density at radius 2 is 1.95 bits per heavy atom. The van der Waals surface area contributed by atoms with Gasteiger partial charge in [-0.05, 0) is 26.8 Å². The highest BCUT2D eigenvalue weighted by Gasteiger charge is 2.20. The molecule has 0 atom stereocenters. The van der Waals surface area contributed by atoms with Gasteiger partial charge in [-0.3, -0.25) is 4.79 Å². The van der Waals surface area contributed by atoms with Gasteiger partial charge in [0.25, 0.3) is 5.91 Å². The second-order valence-electron chi connectivity index (χ2n) is 5.38. The van der Waals surface area contributed by atoms with Crippen molar-refractivity contribution in [2.75, 3.05) is 13.7 Å². The molecule has 1 aromatic carbocycles. The summed E-state index contributed by atoms with van der Waals surface area (Å²) in [6.45, 7) is 5.17. The van der Waals surface area contributed by atoms with E-state index in [2.05, 4.69) is 5.32 Å². The van der Waals surface area contributed by atoms with Crippen molar-refractivity contribution in [1.82, 2.24) is 5.32 Å². The molecule has 0 spiro atoms. The lowest BCUT2D eigenvalue weighted by Gasteiger charge is -2.21.